The predicted molar refractivity (Wildman–Crippen MR) is 139 cm³/mol. The second-order valence-electron chi connectivity index (χ2n) is 10.5. The second-order valence-corrected chi connectivity index (χ2v) is 10.5. The van der Waals surface area contributed by atoms with Crippen LogP contribution in [0.1, 0.15) is 68.9 Å². The molecule has 9 heteroatoms. The van der Waals surface area contributed by atoms with E-state index in [0.29, 0.717) is 17.3 Å². The number of methoxy groups -OCH3 is 1. The van der Waals surface area contributed by atoms with Gasteiger partial charge in [-0.25, -0.2) is 9.50 Å². The highest BCUT2D eigenvalue weighted by Crippen LogP contribution is 2.40. The van der Waals surface area contributed by atoms with E-state index in [4.69, 9.17) is 4.74 Å². The Hall–Kier alpha value is -3.07. The summed E-state index contributed by atoms with van der Waals surface area (Å²) in [4.78, 5) is 9.81. The van der Waals surface area contributed by atoms with Gasteiger partial charge in [-0.15, -0.1) is 0 Å². The molecule has 198 valence electrons. The number of rotatable bonds is 7. The SMILES string of the molecule is COc1cc(-c2[nH]c3ccc(C4CCC(N(C)CCC(F)(F)F)CC4)cc3c2C(C)C)cn2ncnc12. The van der Waals surface area contributed by atoms with Crippen molar-refractivity contribution in [3.8, 4) is 17.0 Å². The molecular weight excluding hydrogens is 479 g/mol. The summed E-state index contributed by atoms with van der Waals surface area (Å²) in [5.41, 5.74) is 6.35. The van der Waals surface area contributed by atoms with Gasteiger partial charge in [0.25, 0.3) is 0 Å². The third-order valence-electron chi connectivity index (χ3n) is 7.83. The lowest BCUT2D eigenvalue weighted by molar-refractivity contribution is -0.138. The monoisotopic (exact) mass is 513 g/mol. The molecule has 0 saturated heterocycles. The molecule has 6 nitrogen and oxygen atoms in total. The van der Waals surface area contributed by atoms with Crippen LogP contribution in [0.5, 0.6) is 5.75 Å². The zero-order chi connectivity index (χ0) is 26.3. The minimum Gasteiger partial charge on any atom is -0.493 e. The molecule has 0 amide bonds. The number of benzene rings is 1. The van der Waals surface area contributed by atoms with Crippen LogP contribution in [0.15, 0.2) is 36.8 Å². The molecule has 1 N–H and O–H groups in total. The lowest BCUT2D eigenvalue weighted by Crippen LogP contribution is -2.36. The molecular formula is C28H34F3N5O. The zero-order valence-electron chi connectivity index (χ0n) is 21.8. The normalized spacial score (nSPS) is 18.9. The molecule has 1 aromatic carbocycles. The quantitative estimate of drug-likeness (QED) is 0.291. The summed E-state index contributed by atoms with van der Waals surface area (Å²) in [7, 11) is 3.46. The number of H-pyrrole nitrogens is 1. The van der Waals surface area contributed by atoms with Crippen molar-refractivity contribution < 1.29 is 17.9 Å². The van der Waals surface area contributed by atoms with E-state index >= 15 is 0 Å². The fourth-order valence-electron chi connectivity index (χ4n) is 5.83. The molecule has 1 aliphatic rings. The van der Waals surface area contributed by atoms with Gasteiger partial charge in [-0.05, 0) is 73.9 Å². The number of nitrogens with one attached hydrogen (secondary N) is 1. The van der Waals surface area contributed by atoms with Gasteiger partial charge in [0.2, 0.25) is 0 Å². The Morgan fingerprint density at radius 3 is 2.59 bits per heavy atom. The Balaban J connectivity index is 1.41. The van der Waals surface area contributed by atoms with Gasteiger partial charge in [0, 0.05) is 35.2 Å². The average molecular weight is 514 g/mol. The highest BCUT2D eigenvalue weighted by molar-refractivity contribution is 5.92. The maximum absolute atomic E-state index is 12.6. The minimum atomic E-state index is -4.10. The van der Waals surface area contributed by atoms with Gasteiger partial charge in [-0.2, -0.15) is 18.3 Å². The van der Waals surface area contributed by atoms with Gasteiger partial charge in [0.15, 0.2) is 11.4 Å². The van der Waals surface area contributed by atoms with Crippen LogP contribution in [0.3, 0.4) is 0 Å². The maximum atomic E-state index is 12.6. The van der Waals surface area contributed by atoms with Gasteiger partial charge >= 0.3 is 6.18 Å². The van der Waals surface area contributed by atoms with Crippen molar-refractivity contribution in [3.05, 3.63) is 47.9 Å². The molecule has 0 radical (unpaired) electrons. The first-order valence-electron chi connectivity index (χ1n) is 12.9. The number of hydrogen-bond acceptors (Lipinski definition) is 4. The molecule has 5 rings (SSSR count). The Labute approximate surface area is 214 Å². The van der Waals surface area contributed by atoms with Gasteiger partial charge in [0.1, 0.15) is 6.33 Å². The van der Waals surface area contributed by atoms with Crippen molar-refractivity contribution in [2.24, 2.45) is 0 Å². The summed E-state index contributed by atoms with van der Waals surface area (Å²) >= 11 is 0. The van der Waals surface area contributed by atoms with Crippen LogP contribution in [0.25, 0.3) is 27.8 Å². The first-order valence-corrected chi connectivity index (χ1v) is 12.9. The third kappa shape index (κ3) is 5.19. The molecule has 0 spiro atoms. The van der Waals surface area contributed by atoms with E-state index < -0.39 is 12.6 Å². The van der Waals surface area contributed by atoms with Crippen LogP contribution < -0.4 is 4.74 Å². The van der Waals surface area contributed by atoms with E-state index in [0.717, 1.165) is 42.5 Å². The number of halogens is 3. The molecule has 1 fully saturated rings. The first-order chi connectivity index (χ1) is 17.6. The fraction of sp³-hybridized carbons (Fsp3) is 0.500. The molecule has 3 heterocycles. The Morgan fingerprint density at radius 2 is 1.92 bits per heavy atom. The summed E-state index contributed by atoms with van der Waals surface area (Å²) in [6.45, 7) is 4.47. The van der Waals surface area contributed by atoms with E-state index in [-0.39, 0.29) is 18.5 Å². The molecule has 3 aromatic heterocycles. The highest BCUT2D eigenvalue weighted by Gasteiger charge is 2.30. The number of hydrogen-bond donors (Lipinski definition) is 1. The summed E-state index contributed by atoms with van der Waals surface area (Å²) in [6.07, 6.45) is 2.46. The molecule has 37 heavy (non-hydrogen) atoms. The number of alkyl halides is 3. The molecule has 0 bridgehead atoms. The van der Waals surface area contributed by atoms with Gasteiger partial charge < -0.3 is 14.6 Å². The molecule has 4 aromatic rings. The lowest BCUT2D eigenvalue weighted by Gasteiger charge is -2.35. The Bertz CT molecular complexity index is 1380. The smallest absolute Gasteiger partial charge is 0.390 e. The van der Waals surface area contributed by atoms with Crippen LogP contribution in [-0.4, -0.2) is 57.4 Å². The Morgan fingerprint density at radius 1 is 1.16 bits per heavy atom. The summed E-state index contributed by atoms with van der Waals surface area (Å²) < 4.78 is 45.2. The van der Waals surface area contributed by atoms with Crippen LogP contribution in [0.2, 0.25) is 0 Å². The number of fused-ring (bicyclic) bond motifs is 2. The molecule has 1 saturated carbocycles. The summed E-state index contributed by atoms with van der Waals surface area (Å²) in [5, 5.41) is 5.52. The predicted octanol–water partition coefficient (Wildman–Crippen LogP) is 6.92. The van der Waals surface area contributed by atoms with E-state index in [1.807, 2.05) is 24.2 Å². The van der Waals surface area contributed by atoms with Crippen molar-refractivity contribution in [2.45, 2.75) is 70.0 Å². The Kier molecular flexibility index (Phi) is 6.91. The molecule has 0 aliphatic heterocycles. The van der Waals surface area contributed by atoms with Crippen molar-refractivity contribution in [3.63, 3.8) is 0 Å². The van der Waals surface area contributed by atoms with E-state index in [1.165, 1.54) is 22.8 Å². The summed E-state index contributed by atoms with van der Waals surface area (Å²) in [5.74, 6) is 1.37. The van der Waals surface area contributed by atoms with Gasteiger partial charge in [-0.1, -0.05) is 19.9 Å². The molecule has 0 unspecified atom stereocenters. The number of ether oxygens (including phenoxy) is 1. The topological polar surface area (TPSA) is 58.5 Å². The minimum absolute atomic E-state index is 0.0693. The molecule has 0 atom stereocenters. The number of aromatic amines is 1. The second kappa shape index (κ2) is 10.0. The van der Waals surface area contributed by atoms with E-state index in [1.54, 1.807) is 11.6 Å². The summed E-state index contributed by atoms with van der Waals surface area (Å²) in [6, 6.07) is 8.89. The van der Waals surface area contributed by atoms with Crippen molar-refractivity contribution in [1.82, 2.24) is 24.5 Å². The molecule has 1 aliphatic carbocycles. The number of pyridine rings is 1. The zero-order valence-corrected chi connectivity index (χ0v) is 21.8. The van der Waals surface area contributed by atoms with E-state index in [9.17, 15) is 13.2 Å². The van der Waals surface area contributed by atoms with Crippen LogP contribution in [-0.2, 0) is 0 Å². The van der Waals surface area contributed by atoms with Crippen molar-refractivity contribution >= 4 is 16.6 Å². The average Bonchev–Trinajstić information content (AvgIpc) is 3.50. The fourth-order valence-corrected chi connectivity index (χ4v) is 5.83. The van der Waals surface area contributed by atoms with Gasteiger partial charge in [-0.3, -0.25) is 0 Å². The first kappa shape index (κ1) is 25.6. The van der Waals surface area contributed by atoms with Crippen molar-refractivity contribution in [1.29, 1.82) is 0 Å². The van der Waals surface area contributed by atoms with Gasteiger partial charge in [0.05, 0.1) is 19.2 Å². The van der Waals surface area contributed by atoms with Crippen LogP contribution in [0.4, 0.5) is 13.2 Å². The third-order valence-corrected chi connectivity index (χ3v) is 7.83. The maximum Gasteiger partial charge on any atom is 0.390 e. The van der Waals surface area contributed by atoms with Crippen LogP contribution in [0, 0.1) is 0 Å². The van der Waals surface area contributed by atoms with Crippen LogP contribution >= 0.6 is 0 Å². The highest BCUT2D eigenvalue weighted by atomic mass is 19.4. The van der Waals surface area contributed by atoms with Crippen molar-refractivity contribution in [2.75, 3.05) is 20.7 Å². The van der Waals surface area contributed by atoms with E-state index in [2.05, 4.69) is 47.1 Å². The largest absolute Gasteiger partial charge is 0.493 e. The lowest BCUT2D eigenvalue weighted by atomic mass is 9.80. The number of nitrogens with zero attached hydrogens (tertiary/aromatic N) is 4. The standard InChI is InChI=1S/C28H34F3N5O/c1-17(2)25-22-13-19(18-5-8-21(9-6-18)35(3)12-11-28(29,30)31)7-10-23(22)34-26(25)20-14-24(37-4)27-32-16-33-36(27)15-20/h7,10,13-18,21,34H,5-6,8-9,11-12H2,1-4H3. The number of aromatic nitrogens is 4.